The van der Waals surface area contributed by atoms with Crippen molar-refractivity contribution < 1.29 is 18.9 Å². The van der Waals surface area contributed by atoms with Crippen LogP contribution in [0.3, 0.4) is 0 Å². The molecule has 0 aliphatic rings. The van der Waals surface area contributed by atoms with Gasteiger partial charge in [0.25, 0.3) is 0 Å². The molecule has 0 N–H and O–H groups in total. The van der Waals surface area contributed by atoms with Gasteiger partial charge in [-0.05, 0) is 31.2 Å². The minimum Gasteiger partial charge on any atom is -0.494 e. The van der Waals surface area contributed by atoms with Crippen molar-refractivity contribution in [3.05, 3.63) is 24.3 Å². The maximum absolute atomic E-state index is 5.50. The Bertz CT molecular complexity index is 284. The Morgan fingerprint density at radius 2 is 1.41 bits per heavy atom. The lowest BCUT2D eigenvalue weighted by Gasteiger charge is -2.08. The molecule has 0 amide bonds. The molecule has 1 aromatic rings. The molecule has 0 aromatic heterocycles. The Labute approximate surface area is 102 Å². The van der Waals surface area contributed by atoms with Gasteiger partial charge in [-0.15, -0.1) is 0 Å². The fraction of sp³-hybridized carbons (Fsp3) is 0.538. The second-order valence-electron chi connectivity index (χ2n) is 3.36. The molecule has 0 atom stereocenters. The molecule has 0 fully saturated rings. The SMILES string of the molecule is CCOc1ccc(OCCOCCOC)cc1. The van der Waals surface area contributed by atoms with E-state index in [9.17, 15) is 0 Å². The van der Waals surface area contributed by atoms with Crippen molar-refractivity contribution in [3.8, 4) is 11.5 Å². The highest BCUT2D eigenvalue weighted by atomic mass is 16.5. The summed E-state index contributed by atoms with van der Waals surface area (Å²) in [6, 6.07) is 7.57. The second-order valence-corrected chi connectivity index (χ2v) is 3.36. The fourth-order valence-corrected chi connectivity index (χ4v) is 1.26. The first-order valence-electron chi connectivity index (χ1n) is 5.79. The van der Waals surface area contributed by atoms with E-state index in [4.69, 9.17) is 18.9 Å². The van der Waals surface area contributed by atoms with Crippen molar-refractivity contribution in [1.29, 1.82) is 0 Å². The van der Waals surface area contributed by atoms with Gasteiger partial charge in [0.1, 0.15) is 18.1 Å². The molecule has 96 valence electrons. The van der Waals surface area contributed by atoms with Gasteiger partial charge in [0.2, 0.25) is 0 Å². The predicted molar refractivity (Wildman–Crippen MR) is 65.8 cm³/mol. The van der Waals surface area contributed by atoms with Crippen molar-refractivity contribution >= 4 is 0 Å². The summed E-state index contributed by atoms with van der Waals surface area (Å²) >= 11 is 0. The molecule has 0 saturated heterocycles. The first kappa shape index (κ1) is 13.8. The molecule has 0 heterocycles. The summed E-state index contributed by atoms with van der Waals surface area (Å²) in [7, 11) is 1.65. The smallest absolute Gasteiger partial charge is 0.119 e. The molecule has 0 spiro atoms. The summed E-state index contributed by atoms with van der Waals surface area (Å²) in [6.45, 7) is 4.95. The van der Waals surface area contributed by atoms with E-state index < -0.39 is 0 Å². The van der Waals surface area contributed by atoms with Crippen LogP contribution in [-0.2, 0) is 9.47 Å². The van der Waals surface area contributed by atoms with Crippen LogP contribution in [0.1, 0.15) is 6.92 Å². The van der Waals surface area contributed by atoms with Gasteiger partial charge in [0.15, 0.2) is 0 Å². The molecular weight excluding hydrogens is 220 g/mol. The molecule has 4 nitrogen and oxygen atoms in total. The number of hydrogen-bond acceptors (Lipinski definition) is 4. The van der Waals surface area contributed by atoms with Gasteiger partial charge >= 0.3 is 0 Å². The molecule has 0 aliphatic carbocycles. The molecule has 0 aliphatic heterocycles. The van der Waals surface area contributed by atoms with Crippen LogP contribution in [-0.4, -0.2) is 40.1 Å². The van der Waals surface area contributed by atoms with Gasteiger partial charge in [-0.1, -0.05) is 0 Å². The van der Waals surface area contributed by atoms with Crippen molar-refractivity contribution in [2.45, 2.75) is 6.92 Å². The maximum atomic E-state index is 5.50. The highest BCUT2D eigenvalue weighted by Gasteiger charge is 1.95. The third-order valence-electron chi connectivity index (χ3n) is 2.06. The Balaban J connectivity index is 2.14. The average Bonchev–Trinajstić information content (AvgIpc) is 2.36. The van der Waals surface area contributed by atoms with Gasteiger partial charge in [0.05, 0.1) is 26.4 Å². The van der Waals surface area contributed by atoms with Crippen molar-refractivity contribution in [2.75, 3.05) is 40.1 Å². The minimum atomic E-state index is 0.539. The lowest BCUT2D eigenvalue weighted by molar-refractivity contribution is 0.0544. The topological polar surface area (TPSA) is 36.9 Å². The predicted octanol–water partition coefficient (Wildman–Crippen LogP) is 2.13. The Morgan fingerprint density at radius 1 is 0.824 bits per heavy atom. The number of hydrogen-bond donors (Lipinski definition) is 0. The van der Waals surface area contributed by atoms with Crippen LogP contribution in [0.4, 0.5) is 0 Å². The molecule has 4 heteroatoms. The van der Waals surface area contributed by atoms with Crippen molar-refractivity contribution in [3.63, 3.8) is 0 Å². The van der Waals surface area contributed by atoms with Crippen molar-refractivity contribution in [2.24, 2.45) is 0 Å². The zero-order valence-electron chi connectivity index (χ0n) is 10.5. The summed E-state index contributed by atoms with van der Waals surface area (Å²) in [5.74, 6) is 1.68. The van der Waals surface area contributed by atoms with E-state index >= 15 is 0 Å². The Hall–Kier alpha value is -1.26. The van der Waals surface area contributed by atoms with Gasteiger partial charge in [-0.3, -0.25) is 0 Å². The largest absolute Gasteiger partial charge is 0.494 e. The average molecular weight is 240 g/mol. The van der Waals surface area contributed by atoms with Gasteiger partial charge in [-0.2, -0.15) is 0 Å². The maximum Gasteiger partial charge on any atom is 0.119 e. The molecule has 1 aromatic carbocycles. The van der Waals surface area contributed by atoms with E-state index in [1.54, 1.807) is 7.11 Å². The summed E-state index contributed by atoms with van der Waals surface area (Å²) in [6.07, 6.45) is 0. The fourth-order valence-electron chi connectivity index (χ4n) is 1.26. The van der Waals surface area contributed by atoms with E-state index in [1.165, 1.54) is 0 Å². The van der Waals surface area contributed by atoms with Crippen LogP contribution in [0.2, 0.25) is 0 Å². The van der Waals surface area contributed by atoms with Crippen molar-refractivity contribution in [1.82, 2.24) is 0 Å². The Kier molecular flexibility index (Phi) is 7.18. The summed E-state index contributed by atoms with van der Waals surface area (Å²) < 4.78 is 21.0. The van der Waals surface area contributed by atoms with Gasteiger partial charge in [-0.25, -0.2) is 0 Å². The summed E-state index contributed by atoms with van der Waals surface area (Å²) in [4.78, 5) is 0. The third kappa shape index (κ3) is 6.14. The standard InChI is InChI=1S/C13H20O4/c1-3-16-12-4-6-13(7-5-12)17-11-10-15-9-8-14-2/h4-7H,3,8-11H2,1-2H3. The van der Waals surface area contributed by atoms with Crippen LogP contribution in [0.15, 0.2) is 24.3 Å². The minimum absolute atomic E-state index is 0.539. The molecule has 17 heavy (non-hydrogen) atoms. The van der Waals surface area contributed by atoms with Gasteiger partial charge < -0.3 is 18.9 Å². The van der Waals surface area contributed by atoms with E-state index in [0.717, 1.165) is 11.5 Å². The highest BCUT2D eigenvalue weighted by Crippen LogP contribution is 2.17. The zero-order chi connectivity index (χ0) is 12.3. The molecular formula is C13H20O4. The van der Waals surface area contributed by atoms with E-state index in [0.29, 0.717) is 33.0 Å². The number of rotatable bonds is 9. The van der Waals surface area contributed by atoms with E-state index in [-0.39, 0.29) is 0 Å². The molecule has 0 unspecified atom stereocenters. The van der Waals surface area contributed by atoms with Crippen LogP contribution in [0, 0.1) is 0 Å². The van der Waals surface area contributed by atoms with E-state index in [2.05, 4.69) is 0 Å². The second kappa shape index (κ2) is 8.84. The third-order valence-corrected chi connectivity index (χ3v) is 2.06. The first-order valence-corrected chi connectivity index (χ1v) is 5.79. The monoisotopic (exact) mass is 240 g/mol. The molecule has 0 radical (unpaired) electrons. The molecule has 1 rings (SSSR count). The normalized spacial score (nSPS) is 10.2. The van der Waals surface area contributed by atoms with Gasteiger partial charge in [0, 0.05) is 7.11 Å². The van der Waals surface area contributed by atoms with Crippen LogP contribution in [0.5, 0.6) is 11.5 Å². The van der Waals surface area contributed by atoms with Crippen LogP contribution >= 0.6 is 0 Å². The summed E-state index contributed by atoms with van der Waals surface area (Å²) in [5.41, 5.74) is 0. The zero-order valence-corrected chi connectivity index (χ0v) is 10.5. The lowest BCUT2D eigenvalue weighted by atomic mass is 10.3. The highest BCUT2D eigenvalue weighted by molar-refractivity contribution is 5.31. The molecule has 0 bridgehead atoms. The quantitative estimate of drug-likeness (QED) is 0.620. The number of ether oxygens (including phenoxy) is 4. The summed E-state index contributed by atoms with van der Waals surface area (Å²) in [5, 5.41) is 0. The van der Waals surface area contributed by atoms with Crippen LogP contribution < -0.4 is 9.47 Å². The molecule has 0 saturated carbocycles. The number of benzene rings is 1. The number of methoxy groups -OCH3 is 1. The Morgan fingerprint density at radius 3 is 2.00 bits per heavy atom. The van der Waals surface area contributed by atoms with Crippen LogP contribution in [0.25, 0.3) is 0 Å². The van der Waals surface area contributed by atoms with E-state index in [1.807, 2.05) is 31.2 Å². The first-order chi connectivity index (χ1) is 8.36. The lowest BCUT2D eigenvalue weighted by Crippen LogP contribution is -2.09.